The minimum absolute atomic E-state index is 0.00941. The van der Waals surface area contributed by atoms with Gasteiger partial charge in [-0.1, -0.05) is 36.4 Å². The molecule has 0 aliphatic carbocycles. The molecule has 0 spiro atoms. The van der Waals surface area contributed by atoms with Gasteiger partial charge in [-0.05, 0) is 51.2 Å². The lowest BCUT2D eigenvalue weighted by Gasteiger charge is -2.35. The number of aromatic nitrogens is 1. The van der Waals surface area contributed by atoms with E-state index < -0.39 is 21.9 Å². The molecule has 8 nitrogen and oxygen atoms in total. The second kappa shape index (κ2) is 10.6. The van der Waals surface area contributed by atoms with Crippen molar-refractivity contribution in [2.75, 3.05) is 32.8 Å². The molecule has 0 saturated carbocycles. The molecule has 1 amide bonds. The Morgan fingerprint density at radius 3 is 2.44 bits per heavy atom. The summed E-state index contributed by atoms with van der Waals surface area (Å²) in [5.74, 6) is -1.06. The van der Waals surface area contributed by atoms with Crippen molar-refractivity contribution in [2.24, 2.45) is 13.0 Å². The van der Waals surface area contributed by atoms with Crippen molar-refractivity contribution in [3.05, 3.63) is 58.9 Å². The van der Waals surface area contributed by atoms with Crippen LogP contribution in [0.15, 0.2) is 41.3 Å². The highest BCUT2D eigenvalue weighted by atomic mass is 32.2. The van der Waals surface area contributed by atoms with Gasteiger partial charge in [0.05, 0.1) is 12.5 Å². The Hall–Kier alpha value is -2.91. The van der Waals surface area contributed by atoms with Crippen molar-refractivity contribution in [1.29, 1.82) is 0 Å². The van der Waals surface area contributed by atoms with Gasteiger partial charge in [-0.15, -0.1) is 0 Å². The van der Waals surface area contributed by atoms with Crippen LogP contribution >= 0.6 is 0 Å². The quantitative estimate of drug-likeness (QED) is 0.552. The van der Waals surface area contributed by atoms with Gasteiger partial charge in [-0.25, -0.2) is 13.2 Å². The molecule has 0 radical (unpaired) electrons. The molecule has 36 heavy (non-hydrogen) atoms. The summed E-state index contributed by atoms with van der Waals surface area (Å²) in [4.78, 5) is 27.9. The Labute approximate surface area is 213 Å². The van der Waals surface area contributed by atoms with Gasteiger partial charge < -0.3 is 14.2 Å². The van der Waals surface area contributed by atoms with Crippen LogP contribution in [0.25, 0.3) is 5.57 Å². The first-order valence-corrected chi connectivity index (χ1v) is 14.0. The molecule has 9 heteroatoms. The van der Waals surface area contributed by atoms with Crippen molar-refractivity contribution in [3.8, 4) is 0 Å². The number of amides is 1. The number of rotatable bonds is 6. The first-order chi connectivity index (χ1) is 17.2. The highest BCUT2D eigenvalue weighted by Gasteiger charge is 2.39. The van der Waals surface area contributed by atoms with Gasteiger partial charge in [-0.3, -0.25) is 4.79 Å². The maximum atomic E-state index is 13.8. The molecular formula is C27H35N3O5S. The van der Waals surface area contributed by atoms with Gasteiger partial charge in [0.1, 0.15) is 10.5 Å². The van der Waals surface area contributed by atoms with Gasteiger partial charge in [-0.2, -0.15) is 4.31 Å². The van der Waals surface area contributed by atoms with E-state index in [4.69, 9.17) is 4.74 Å². The fourth-order valence-corrected chi connectivity index (χ4v) is 7.21. The first kappa shape index (κ1) is 26.2. The summed E-state index contributed by atoms with van der Waals surface area (Å²) in [6, 6.07) is 10.2. The monoisotopic (exact) mass is 513 g/mol. The van der Waals surface area contributed by atoms with Gasteiger partial charge in [0.2, 0.25) is 15.9 Å². The van der Waals surface area contributed by atoms with Crippen LogP contribution in [0, 0.1) is 19.8 Å². The zero-order valence-electron chi connectivity index (χ0n) is 21.5. The minimum atomic E-state index is -4.00. The molecule has 0 unspecified atom stereocenters. The van der Waals surface area contributed by atoms with Crippen molar-refractivity contribution >= 4 is 27.5 Å². The highest BCUT2D eigenvalue weighted by Crippen LogP contribution is 2.33. The standard InChI is InChI=1S/C27H35N3O5S/c1-5-35-27(32)24-19(2)28(4)20(3)25(24)36(33,34)30-15-9-12-23(18-30)26(31)29-16-13-22(14-17-29)21-10-7-6-8-11-21/h6-8,10-11,13,23H,5,9,12,14-18H2,1-4H3/t23-/m0/s1. The Kier molecular flexibility index (Phi) is 7.70. The van der Waals surface area contributed by atoms with Crippen LogP contribution in [0.1, 0.15) is 53.5 Å². The molecule has 0 N–H and O–H groups in total. The largest absolute Gasteiger partial charge is 0.462 e. The summed E-state index contributed by atoms with van der Waals surface area (Å²) in [6.07, 6.45) is 4.11. The Morgan fingerprint density at radius 2 is 1.81 bits per heavy atom. The average molecular weight is 514 g/mol. The second-order valence-corrected chi connectivity index (χ2v) is 11.4. The number of carbonyl (C=O) groups is 2. The van der Waals surface area contributed by atoms with Gasteiger partial charge in [0.25, 0.3) is 0 Å². The van der Waals surface area contributed by atoms with Crippen LogP contribution in [0.3, 0.4) is 0 Å². The zero-order chi connectivity index (χ0) is 26.0. The number of sulfonamides is 1. The van der Waals surface area contributed by atoms with Crippen molar-refractivity contribution < 1.29 is 22.7 Å². The maximum absolute atomic E-state index is 13.8. The van der Waals surface area contributed by atoms with E-state index in [1.165, 1.54) is 15.4 Å². The fourth-order valence-electron chi connectivity index (χ4n) is 5.21. The summed E-state index contributed by atoms with van der Waals surface area (Å²) >= 11 is 0. The van der Waals surface area contributed by atoms with Crippen LogP contribution < -0.4 is 0 Å². The number of hydrogen-bond donors (Lipinski definition) is 0. The number of piperidine rings is 1. The van der Waals surface area contributed by atoms with Crippen LogP contribution in [-0.2, 0) is 26.6 Å². The summed E-state index contributed by atoms with van der Waals surface area (Å²) in [5, 5.41) is 0. The fraction of sp³-hybridized carbons (Fsp3) is 0.481. The first-order valence-electron chi connectivity index (χ1n) is 12.5. The SMILES string of the molecule is CCOC(=O)c1c(S(=O)(=O)N2CCC[C@H](C(=O)N3CC=C(c4ccccc4)CC3)C2)c(C)n(C)c1C. The van der Waals surface area contributed by atoms with Gasteiger partial charge >= 0.3 is 5.97 Å². The van der Waals surface area contributed by atoms with E-state index in [2.05, 4.69) is 18.2 Å². The van der Waals surface area contributed by atoms with Crippen molar-refractivity contribution in [3.63, 3.8) is 0 Å². The van der Waals surface area contributed by atoms with E-state index in [9.17, 15) is 18.0 Å². The third kappa shape index (κ3) is 4.86. The van der Waals surface area contributed by atoms with E-state index in [-0.39, 0.29) is 29.5 Å². The number of nitrogens with zero attached hydrogens (tertiary/aromatic N) is 3. The topological polar surface area (TPSA) is 88.9 Å². The van der Waals surface area contributed by atoms with E-state index >= 15 is 0 Å². The lowest BCUT2D eigenvalue weighted by Crippen LogP contribution is -2.47. The third-order valence-corrected chi connectivity index (χ3v) is 9.43. The second-order valence-electron chi connectivity index (χ2n) is 9.49. The molecule has 3 heterocycles. The minimum Gasteiger partial charge on any atom is -0.462 e. The molecule has 1 fully saturated rings. The summed E-state index contributed by atoms with van der Waals surface area (Å²) in [5.41, 5.74) is 3.52. The van der Waals surface area contributed by atoms with Crippen LogP contribution in [0.2, 0.25) is 0 Å². The van der Waals surface area contributed by atoms with E-state index in [0.717, 1.165) is 6.42 Å². The van der Waals surface area contributed by atoms with Crippen LogP contribution in [0.5, 0.6) is 0 Å². The smallest absolute Gasteiger partial charge is 0.341 e. The highest BCUT2D eigenvalue weighted by molar-refractivity contribution is 7.89. The van der Waals surface area contributed by atoms with Crippen molar-refractivity contribution in [1.82, 2.24) is 13.8 Å². The Balaban J connectivity index is 1.53. The Bertz CT molecular complexity index is 1280. The molecule has 1 atom stereocenters. The lowest BCUT2D eigenvalue weighted by atomic mass is 9.95. The molecular weight excluding hydrogens is 478 g/mol. The molecule has 1 aromatic carbocycles. The Morgan fingerprint density at radius 1 is 1.08 bits per heavy atom. The third-order valence-electron chi connectivity index (χ3n) is 7.40. The molecule has 0 bridgehead atoms. The zero-order valence-corrected chi connectivity index (χ0v) is 22.3. The number of benzene rings is 1. The van der Waals surface area contributed by atoms with Crippen LogP contribution in [0.4, 0.5) is 0 Å². The number of ether oxygens (including phenoxy) is 1. The van der Waals surface area contributed by atoms with E-state index in [0.29, 0.717) is 43.9 Å². The van der Waals surface area contributed by atoms with Crippen LogP contribution in [-0.4, -0.2) is 66.9 Å². The summed E-state index contributed by atoms with van der Waals surface area (Å²) in [7, 11) is -2.26. The number of carbonyl (C=O) groups excluding carboxylic acids is 2. The predicted molar refractivity (Wildman–Crippen MR) is 138 cm³/mol. The molecule has 1 aromatic heterocycles. The average Bonchev–Trinajstić information content (AvgIpc) is 3.13. The molecule has 4 rings (SSSR count). The van der Waals surface area contributed by atoms with Gasteiger partial charge in [0, 0.05) is 44.6 Å². The molecule has 1 saturated heterocycles. The predicted octanol–water partition coefficient (Wildman–Crippen LogP) is 3.54. The summed E-state index contributed by atoms with van der Waals surface area (Å²) < 4.78 is 35.9. The summed E-state index contributed by atoms with van der Waals surface area (Å²) in [6.45, 7) is 6.83. The molecule has 2 aliphatic rings. The molecule has 194 valence electrons. The lowest BCUT2D eigenvalue weighted by molar-refractivity contribution is -0.136. The van der Waals surface area contributed by atoms with Crippen molar-refractivity contribution in [2.45, 2.75) is 44.9 Å². The van der Waals surface area contributed by atoms with E-state index in [1.807, 2.05) is 23.1 Å². The number of esters is 1. The number of hydrogen-bond acceptors (Lipinski definition) is 5. The van der Waals surface area contributed by atoms with E-state index in [1.54, 1.807) is 32.4 Å². The maximum Gasteiger partial charge on any atom is 0.341 e. The normalized spacial score (nSPS) is 19.2. The van der Waals surface area contributed by atoms with Gasteiger partial charge in [0.15, 0.2) is 0 Å². The molecule has 2 aromatic rings. The molecule has 2 aliphatic heterocycles.